The third-order valence-electron chi connectivity index (χ3n) is 3.94. The summed E-state index contributed by atoms with van der Waals surface area (Å²) in [4.78, 5) is 23.9. The second kappa shape index (κ2) is 6.44. The van der Waals surface area contributed by atoms with Crippen LogP contribution in [0.1, 0.15) is 23.2 Å². The van der Waals surface area contributed by atoms with Gasteiger partial charge in [0, 0.05) is 31.5 Å². The highest BCUT2D eigenvalue weighted by molar-refractivity contribution is 7.91. The molecule has 1 aromatic carbocycles. The number of aliphatic carboxylic acids is 1. The number of nitrogens with zero attached hydrogens (tertiary/aromatic N) is 1. The largest absolute Gasteiger partial charge is 0.479 e. The number of aliphatic hydroxyl groups is 1. The Morgan fingerprint density at radius 3 is 2.04 bits per heavy atom. The van der Waals surface area contributed by atoms with Crippen LogP contribution in [0.3, 0.4) is 0 Å². The van der Waals surface area contributed by atoms with E-state index in [2.05, 4.69) is 0 Å². The molecular formula is C14H15F2NO6S. The van der Waals surface area contributed by atoms with Crippen LogP contribution >= 0.6 is 0 Å². The van der Waals surface area contributed by atoms with Crippen molar-refractivity contribution in [2.24, 2.45) is 0 Å². The van der Waals surface area contributed by atoms with Crippen LogP contribution in [-0.2, 0) is 14.6 Å². The lowest BCUT2D eigenvalue weighted by Crippen LogP contribution is -2.50. The maximum absolute atomic E-state index is 12.5. The van der Waals surface area contributed by atoms with Crippen molar-refractivity contribution in [2.45, 2.75) is 29.1 Å². The molecule has 0 atom stereocenters. The molecule has 1 amide bonds. The summed E-state index contributed by atoms with van der Waals surface area (Å²) < 4.78 is 47.5. The summed E-state index contributed by atoms with van der Waals surface area (Å²) >= 11 is 0. The number of sulfone groups is 1. The molecule has 1 saturated heterocycles. The van der Waals surface area contributed by atoms with E-state index in [1.807, 2.05) is 0 Å². The van der Waals surface area contributed by atoms with Gasteiger partial charge in [-0.3, -0.25) is 4.79 Å². The highest BCUT2D eigenvalue weighted by Crippen LogP contribution is 2.24. The first-order valence-corrected chi connectivity index (χ1v) is 8.50. The number of benzene rings is 1. The molecule has 0 unspecified atom stereocenters. The molecule has 0 spiro atoms. The summed E-state index contributed by atoms with van der Waals surface area (Å²) in [6.45, 7) is 0.0252. The lowest BCUT2D eigenvalue weighted by Gasteiger charge is -2.35. The maximum atomic E-state index is 12.5. The summed E-state index contributed by atoms with van der Waals surface area (Å²) in [5.74, 6) is -5.39. The van der Waals surface area contributed by atoms with Crippen LogP contribution in [0.15, 0.2) is 29.2 Å². The molecule has 7 nitrogen and oxygen atoms in total. The van der Waals surface area contributed by atoms with Gasteiger partial charge in [-0.1, -0.05) is 0 Å². The number of likely N-dealkylation sites (tertiary alicyclic amines) is 1. The topological polar surface area (TPSA) is 112 Å². The summed E-state index contributed by atoms with van der Waals surface area (Å²) in [7, 11) is -4.73. The van der Waals surface area contributed by atoms with Gasteiger partial charge < -0.3 is 15.1 Å². The third kappa shape index (κ3) is 3.39. The van der Waals surface area contributed by atoms with Gasteiger partial charge in [0.25, 0.3) is 5.91 Å². The molecule has 2 N–H and O–H groups in total. The normalized spacial score (nSPS) is 17.8. The van der Waals surface area contributed by atoms with Crippen molar-refractivity contribution in [3.8, 4) is 0 Å². The molecular weight excluding hydrogens is 348 g/mol. The van der Waals surface area contributed by atoms with E-state index in [0.29, 0.717) is 0 Å². The molecule has 1 aromatic rings. The van der Waals surface area contributed by atoms with Crippen LogP contribution in [0.5, 0.6) is 0 Å². The van der Waals surface area contributed by atoms with Crippen molar-refractivity contribution < 1.29 is 37.0 Å². The number of amides is 1. The molecule has 1 fully saturated rings. The fourth-order valence-corrected chi connectivity index (χ4v) is 3.09. The quantitative estimate of drug-likeness (QED) is 0.816. The van der Waals surface area contributed by atoms with Crippen molar-refractivity contribution in [3.05, 3.63) is 29.8 Å². The zero-order chi connectivity index (χ0) is 18.1. The minimum Gasteiger partial charge on any atom is -0.479 e. The van der Waals surface area contributed by atoms with Crippen molar-refractivity contribution in [3.63, 3.8) is 0 Å². The standard InChI is InChI=1S/C14H15F2NO6S/c15-13(16)24(22,23)10-3-1-9(2-4-10)11(18)17-7-5-14(21,6-8-17)12(19)20/h1-4,13,21H,5-8H2,(H,19,20). The predicted octanol–water partition coefficient (Wildman–Crippen LogP) is 0.735. The molecule has 132 valence electrons. The second-order valence-electron chi connectivity index (χ2n) is 5.46. The van der Waals surface area contributed by atoms with Gasteiger partial charge in [-0.05, 0) is 24.3 Å². The minimum absolute atomic E-state index is 0.0126. The van der Waals surface area contributed by atoms with Crippen molar-refractivity contribution in [1.82, 2.24) is 4.90 Å². The Kier molecular flexibility index (Phi) is 4.90. The van der Waals surface area contributed by atoms with E-state index in [9.17, 15) is 31.9 Å². The highest BCUT2D eigenvalue weighted by Gasteiger charge is 2.40. The fourth-order valence-electron chi connectivity index (χ4n) is 2.37. The Labute approximate surface area is 136 Å². The zero-order valence-corrected chi connectivity index (χ0v) is 13.2. The van der Waals surface area contributed by atoms with Gasteiger partial charge >= 0.3 is 11.7 Å². The zero-order valence-electron chi connectivity index (χ0n) is 12.4. The first-order valence-electron chi connectivity index (χ1n) is 6.95. The maximum Gasteiger partial charge on any atom is 0.341 e. The smallest absolute Gasteiger partial charge is 0.341 e. The van der Waals surface area contributed by atoms with Gasteiger partial charge in [0.2, 0.25) is 9.84 Å². The van der Waals surface area contributed by atoms with E-state index in [4.69, 9.17) is 5.11 Å². The summed E-state index contributed by atoms with van der Waals surface area (Å²) in [5, 5.41) is 18.7. The molecule has 1 aliphatic heterocycles. The summed E-state index contributed by atoms with van der Waals surface area (Å²) in [5.41, 5.74) is -1.78. The van der Waals surface area contributed by atoms with Gasteiger partial charge in [-0.2, -0.15) is 8.78 Å². The van der Waals surface area contributed by atoms with Crippen molar-refractivity contribution in [2.75, 3.05) is 13.1 Å². The fraction of sp³-hybridized carbons (Fsp3) is 0.429. The van der Waals surface area contributed by atoms with Crippen LogP contribution in [0, 0.1) is 0 Å². The summed E-state index contributed by atoms with van der Waals surface area (Å²) in [6.07, 6.45) is -0.266. The lowest BCUT2D eigenvalue weighted by molar-refractivity contribution is -0.162. The van der Waals surface area contributed by atoms with Crippen LogP contribution in [-0.4, -0.2) is 59.9 Å². The Bertz CT molecular complexity index is 739. The van der Waals surface area contributed by atoms with E-state index < -0.39 is 38.0 Å². The van der Waals surface area contributed by atoms with E-state index in [1.54, 1.807) is 0 Å². The van der Waals surface area contributed by atoms with Gasteiger partial charge in [-0.25, -0.2) is 13.2 Å². The Hall–Kier alpha value is -2.07. The van der Waals surface area contributed by atoms with E-state index in [0.717, 1.165) is 24.3 Å². The van der Waals surface area contributed by atoms with Crippen LogP contribution in [0.25, 0.3) is 0 Å². The number of hydrogen-bond donors (Lipinski definition) is 2. The highest BCUT2D eigenvalue weighted by atomic mass is 32.2. The van der Waals surface area contributed by atoms with Gasteiger partial charge in [0.15, 0.2) is 5.60 Å². The van der Waals surface area contributed by atoms with Gasteiger partial charge in [0.1, 0.15) is 0 Å². The molecule has 0 aliphatic carbocycles. The number of carbonyl (C=O) groups excluding carboxylic acids is 1. The SMILES string of the molecule is O=C(c1ccc(S(=O)(=O)C(F)F)cc1)N1CCC(O)(C(=O)O)CC1. The minimum atomic E-state index is -4.73. The first-order chi connectivity index (χ1) is 11.1. The molecule has 0 bridgehead atoms. The predicted molar refractivity (Wildman–Crippen MR) is 77.4 cm³/mol. The molecule has 0 saturated carbocycles. The average Bonchev–Trinajstić information content (AvgIpc) is 2.54. The van der Waals surface area contributed by atoms with Gasteiger partial charge in [-0.15, -0.1) is 0 Å². The number of rotatable bonds is 4. The number of halogens is 2. The molecule has 1 heterocycles. The van der Waals surface area contributed by atoms with Crippen molar-refractivity contribution in [1.29, 1.82) is 0 Å². The third-order valence-corrected chi connectivity index (χ3v) is 5.34. The van der Waals surface area contributed by atoms with Crippen LogP contribution in [0.4, 0.5) is 8.78 Å². The number of carbonyl (C=O) groups is 2. The molecule has 10 heteroatoms. The molecule has 0 radical (unpaired) electrons. The van der Waals surface area contributed by atoms with E-state index in [-0.39, 0.29) is 31.5 Å². The number of piperidine rings is 1. The molecule has 24 heavy (non-hydrogen) atoms. The molecule has 1 aliphatic rings. The molecule has 0 aromatic heterocycles. The Balaban J connectivity index is 2.11. The average molecular weight is 363 g/mol. The number of alkyl halides is 2. The first kappa shape index (κ1) is 18.3. The second-order valence-corrected chi connectivity index (χ2v) is 7.38. The summed E-state index contributed by atoms with van der Waals surface area (Å²) in [6, 6.07) is 4.09. The van der Waals surface area contributed by atoms with Crippen LogP contribution in [0.2, 0.25) is 0 Å². The van der Waals surface area contributed by atoms with Crippen molar-refractivity contribution >= 4 is 21.7 Å². The number of hydrogen-bond acceptors (Lipinski definition) is 5. The lowest BCUT2D eigenvalue weighted by atomic mass is 9.91. The van der Waals surface area contributed by atoms with E-state index >= 15 is 0 Å². The number of carboxylic acids is 1. The Morgan fingerprint density at radius 2 is 1.62 bits per heavy atom. The van der Waals surface area contributed by atoms with Crippen LogP contribution < -0.4 is 0 Å². The molecule has 2 rings (SSSR count). The Morgan fingerprint density at radius 1 is 1.12 bits per heavy atom. The number of carboxylic acid groups (broad SMARTS) is 1. The monoisotopic (exact) mass is 363 g/mol. The van der Waals surface area contributed by atoms with Gasteiger partial charge in [0.05, 0.1) is 4.90 Å². The van der Waals surface area contributed by atoms with E-state index in [1.165, 1.54) is 4.90 Å².